The third-order valence-electron chi connectivity index (χ3n) is 9.19. The Bertz CT molecular complexity index is 2510. The molecule has 0 N–H and O–H groups in total. The topological polar surface area (TPSA) is 9.86 Å². The lowest BCUT2D eigenvalue weighted by molar-refractivity contribution is 1.17. The van der Waals surface area contributed by atoms with Crippen LogP contribution in [0.1, 0.15) is 5.56 Å². The number of fused-ring (bicyclic) bond motifs is 6. The van der Waals surface area contributed by atoms with Crippen LogP contribution in [0.2, 0.25) is 0 Å². The van der Waals surface area contributed by atoms with Crippen molar-refractivity contribution in [1.29, 1.82) is 0 Å². The lowest BCUT2D eigenvalue weighted by atomic mass is 9.99. The van der Waals surface area contributed by atoms with E-state index in [-0.39, 0.29) is 0 Å². The summed E-state index contributed by atoms with van der Waals surface area (Å²) in [5.74, 6) is 0. The number of hydrogen-bond acceptors (Lipinski definition) is 0. The van der Waals surface area contributed by atoms with Crippen molar-refractivity contribution in [3.63, 3.8) is 0 Å². The van der Waals surface area contributed by atoms with Crippen molar-refractivity contribution in [2.24, 2.45) is 0 Å². The van der Waals surface area contributed by atoms with Gasteiger partial charge in [-0.2, -0.15) is 0 Å². The molecule has 2 aromatic heterocycles. The number of aromatic nitrogens is 2. The first kappa shape index (κ1) is 25.6. The zero-order valence-electron chi connectivity index (χ0n) is 25.0. The van der Waals surface area contributed by atoms with Crippen LogP contribution in [0.15, 0.2) is 164 Å². The molecule has 0 aliphatic rings. The predicted molar refractivity (Wildman–Crippen MR) is 191 cm³/mol. The zero-order chi connectivity index (χ0) is 29.9. The lowest BCUT2D eigenvalue weighted by Gasteiger charge is -2.10. The van der Waals surface area contributed by atoms with Gasteiger partial charge in [-0.1, -0.05) is 109 Å². The van der Waals surface area contributed by atoms with Crippen LogP contribution in [0.3, 0.4) is 0 Å². The summed E-state index contributed by atoms with van der Waals surface area (Å²) in [5, 5.41) is 5.05. The minimum atomic E-state index is 1.17. The predicted octanol–water partition coefficient (Wildman–Crippen LogP) is 11.5. The van der Waals surface area contributed by atoms with Gasteiger partial charge in [-0.3, -0.25) is 0 Å². The Hall–Kier alpha value is -5.86. The summed E-state index contributed by atoms with van der Waals surface area (Å²) in [6.45, 7) is 2.14. The van der Waals surface area contributed by atoms with Crippen LogP contribution in [0.25, 0.3) is 77.2 Å². The Morgan fingerprint density at radius 2 is 0.800 bits per heavy atom. The SMILES string of the molecule is Cc1ccc(-n2c3ccccc3c3ccc(-c4ccc5c(c4)c4cc(-c6ccccc6)ccc4n5-c4ccccc4)cc32)cc1. The van der Waals surface area contributed by atoms with E-state index in [9.17, 15) is 0 Å². The first-order valence-electron chi connectivity index (χ1n) is 15.5. The second kappa shape index (κ2) is 10.1. The number of nitrogens with zero attached hydrogens (tertiary/aromatic N) is 2. The maximum atomic E-state index is 2.40. The molecule has 2 heteroatoms. The van der Waals surface area contributed by atoms with Crippen molar-refractivity contribution in [3.05, 3.63) is 169 Å². The number of aryl methyl sites for hydroxylation is 1. The van der Waals surface area contributed by atoms with Gasteiger partial charge in [0, 0.05) is 32.9 Å². The molecule has 0 unspecified atom stereocenters. The van der Waals surface area contributed by atoms with Crippen LogP contribution in [0, 0.1) is 6.92 Å². The largest absolute Gasteiger partial charge is 0.309 e. The van der Waals surface area contributed by atoms with Crippen LogP contribution in [0.5, 0.6) is 0 Å². The highest BCUT2D eigenvalue weighted by Crippen LogP contribution is 2.39. The van der Waals surface area contributed by atoms with E-state index >= 15 is 0 Å². The third kappa shape index (κ3) is 4.11. The molecule has 212 valence electrons. The Morgan fingerprint density at radius 1 is 0.311 bits per heavy atom. The summed E-state index contributed by atoms with van der Waals surface area (Å²) in [4.78, 5) is 0. The fourth-order valence-electron chi connectivity index (χ4n) is 6.99. The number of rotatable bonds is 4. The van der Waals surface area contributed by atoms with Gasteiger partial charge < -0.3 is 9.13 Å². The lowest BCUT2D eigenvalue weighted by Crippen LogP contribution is -1.94. The van der Waals surface area contributed by atoms with Gasteiger partial charge in [0.2, 0.25) is 0 Å². The van der Waals surface area contributed by atoms with Gasteiger partial charge in [-0.15, -0.1) is 0 Å². The van der Waals surface area contributed by atoms with Gasteiger partial charge in [-0.25, -0.2) is 0 Å². The molecule has 0 fully saturated rings. The average molecular weight is 575 g/mol. The van der Waals surface area contributed by atoms with Crippen LogP contribution >= 0.6 is 0 Å². The van der Waals surface area contributed by atoms with Crippen molar-refractivity contribution in [2.45, 2.75) is 6.92 Å². The van der Waals surface area contributed by atoms with E-state index in [4.69, 9.17) is 0 Å². The van der Waals surface area contributed by atoms with Gasteiger partial charge in [0.05, 0.1) is 22.1 Å². The molecule has 0 bridgehead atoms. The van der Waals surface area contributed by atoms with Gasteiger partial charge in [-0.05, 0) is 89.8 Å². The Kier molecular flexibility index (Phi) is 5.76. The molecule has 0 saturated heterocycles. The summed E-state index contributed by atoms with van der Waals surface area (Å²) in [6.07, 6.45) is 0. The van der Waals surface area contributed by atoms with Crippen molar-refractivity contribution in [3.8, 4) is 33.6 Å². The molecule has 9 aromatic rings. The molecular formula is C43H30N2. The van der Waals surface area contributed by atoms with E-state index in [0.717, 1.165) is 0 Å². The van der Waals surface area contributed by atoms with E-state index < -0.39 is 0 Å². The molecule has 2 heterocycles. The van der Waals surface area contributed by atoms with E-state index in [1.165, 1.54) is 82.8 Å². The Morgan fingerprint density at radius 3 is 1.51 bits per heavy atom. The molecule has 45 heavy (non-hydrogen) atoms. The minimum absolute atomic E-state index is 1.17. The molecule has 7 aromatic carbocycles. The van der Waals surface area contributed by atoms with Crippen LogP contribution in [-0.4, -0.2) is 9.13 Å². The Labute approximate surface area is 262 Å². The summed E-state index contributed by atoms with van der Waals surface area (Å²) in [5.41, 5.74) is 13.3. The highest BCUT2D eigenvalue weighted by Gasteiger charge is 2.16. The first-order chi connectivity index (χ1) is 22.2. The molecule has 0 spiro atoms. The second-order valence-corrected chi connectivity index (χ2v) is 11.9. The quantitative estimate of drug-likeness (QED) is 0.198. The molecule has 0 saturated carbocycles. The molecule has 0 aliphatic carbocycles. The van der Waals surface area contributed by atoms with Crippen molar-refractivity contribution in [1.82, 2.24) is 9.13 Å². The van der Waals surface area contributed by atoms with Gasteiger partial charge >= 0.3 is 0 Å². The van der Waals surface area contributed by atoms with Crippen molar-refractivity contribution < 1.29 is 0 Å². The molecule has 2 nitrogen and oxygen atoms in total. The van der Waals surface area contributed by atoms with E-state index in [1.807, 2.05) is 0 Å². The smallest absolute Gasteiger partial charge is 0.0547 e. The van der Waals surface area contributed by atoms with Crippen molar-refractivity contribution >= 4 is 43.6 Å². The fraction of sp³-hybridized carbons (Fsp3) is 0.0233. The van der Waals surface area contributed by atoms with Crippen LogP contribution in [-0.2, 0) is 0 Å². The average Bonchev–Trinajstić information content (AvgIpc) is 3.61. The maximum absolute atomic E-state index is 2.40. The molecule has 0 amide bonds. The molecule has 0 atom stereocenters. The summed E-state index contributed by atoms with van der Waals surface area (Å²) >= 11 is 0. The normalized spacial score (nSPS) is 11.7. The Balaban J connectivity index is 1.29. The van der Waals surface area contributed by atoms with E-state index in [1.54, 1.807) is 0 Å². The first-order valence-corrected chi connectivity index (χ1v) is 15.5. The molecule has 0 radical (unpaired) electrons. The van der Waals surface area contributed by atoms with E-state index in [0.29, 0.717) is 0 Å². The molecule has 9 rings (SSSR count). The van der Waals surface area contributed by atoms with Gasteiger partial charge in [0.15, 0.2) is 0 Å². The number of hydrogen-bond donors (Lipinski definition) is 0. The van der Waals surface area contributed by atoms with Crippen LogP contribution < -0.4 is 0 Å². The highest BCUT2D eigenvalue weighted by atomic mass is 15.0. The number of para-hydroxylation sites is 2. The number of benzene rings is 7. The summed E-state index contributed by atoms with van der Waals surface area (Å²) < 4.78 is 4.79. The molecule has 0 aliphatic heterocycles. The second-order valence-electron chi connectivity index (χ2n) is 11.9. The van der Waals surface area contributed by atoms with Gasteiger partial charge in [0.25, 0.3) is 0 Å². The van der Waals surface area contributed by atoms with Crippen LogP contribution in [0.4, 0.5) is 0 Å². The van der Waals surface area contributed by atoms with E-state index in [2.05, 4.69) is 180 Å². The minimum Gasteiger partial charge on any atom is -0.309 e. The van der Waals surface area contributed by atoms with Gasteiger partial charge in [0.1, 0.15) is 0 Å². The summed E-state index contributed by atoms with van der Waals surface area (Å²) in [6, 6.07) is 59.7. The van der Waals surface area contributed by atoms with Crippen molar-refractivity contribution in [2.75, 3.05) is 0 Å². The monoisotopic (exact) mass is 574 g/mol. The zero-order valence-corrected chi connectivity index (χ0v) is 25.0. The third-order valence-corrected chi connectivity index (χ3v) is 9.19. The fourth-order valence-corrected chi connectivity index (χ4v) is 6.99. The highest BCUT2D eigenvalue weighted by molar-refractivity contribution is 6.13. The summed E-state index contributed by atoms with van der Waals surface area (Å²) in [7, 11) is 0. The maximum Gasteiger partial charge on any atom is 0.0547 e. The molecular weight excluding hydrogens is 544 g/mol. The standard InChI is InChI=1S/C43H30N2/c1-29-16-21-35(22-17-29)45-40-15-9-8-14-36(40)37-23-18-33(28-43(37)45)32-20-25-42-39(27-32)38-26-31(30-10-4-2-5-11-30)19-24-41(38)44(42)34-12-6-3-7-13-34/h2-28H,1H3.